The van der Waals surface area contributed by atoms with Crippen molar-refractivity contribution in [3.8, 4) is 23.0 Å². The van der Waals surface area contributed by atoms with Crippen LogP contribution in [0, 0.1) is 0 Å². The quantitative estimate of drug-likeness (QED) is 0.620. The smallest absolute Gasteiger partial charge is 0.189 e. The van der Waals surface area contributed by atoms with Gasteiger partial charge in [-0.25, -0.2) is 0 Å². The van der Waals surface area contributed by atoms with Crippen molar-refractivity contribution in [2.45, 2.75) is 6.92 Å². The number of hydrogen-bond donors (Lipinski definition) is 1. The van der Waals surface area contributed by atoms with Gasteiger partial charge in [0.15, 0.2) is 5.78 Å². The molecule has 5 nitrogen and oxygen atoms in total. The Bertz CT molecular complexity index is 749. The number of phenols is 1. The molecule has 0 spiro atoms. The maximum atomic E-state index is 12.4. The summed E-state index contributed by atoms with van der Waals surface area (Å²) in [7, 11) is 3.01. The van der Waals surface area contributed by atoms with E-state index in [1.54, 1.807) is 30.3 Å². The fourth-order valence-corrected chi connectivity index (χ4v) is 2.22. The van der Waals surface area contributed by atoms with Crippen molar-refractivity contribution in [3.63, 3.8) is 0 Å². The third-order valence-corrected chi connectivity index (χ3v) is 3.38. The summed E-state index contributed by atoms with van der Waals surface area (Å²) in [6.07, 6.45) is 3.07. The van der Waals surface area contributed by atoms with Crippen molar-refractivity contribution in [2.24, 2.45) is 0 Å². The standard InChI is InChI=1S/C19H20O5/c1-4-24-15-8-9-16(19(12-15)23-3)17(21)10-6-13-5-7-14(20)11-18(13)22-2/h5-12,20H,4H2,1-3H3. The number of ketones is 1. The molecular formula is C19H20O5. The first-order valence-electron chi connectivity index (χ1n) is 7.49. The van der Waals surface area contributed by atoms with Crippen LogP contribution in [-0.4, -0.2) is 31.7 Å². The summed E-state index contributed by atoms with van der Waals surface area (Å²) in [6.45, 7) is 2.43. The van der Waals surface area contributed by atoms with Gasteiger partial charge in [0.2, 0.25) is 0 Å². The highest BCUT2D eigenvalue weighted by Crippen LogP contribution is 2.27. The minimum atomic E-state index is -0.204. The van der Waals surface area contributed by atoms with Gasteiger partial charge in [0.25, 0.3) is 0 Å². The molecule has 126 valence electrons. The van der Waals surface area contributed by atoms with Gasteiger partial charge in [-0.2, -0.15) is 0 Å². The molecule has 0 aliphatic carbocycles. The van der Waals surface area contributed by atoms with Crippen LogP contribution in [0.1, 0.15) is 22.8 Å². The second kappa shape index (κ2) is 8.06. The van der Waals surface area contributed by atoms with E-state index >= 15 is 0 Å². The van der Waals surface area contributed by atoms with E-state index in [-0.39, 0.29) is 11.5 Å². The largest absolute Gasteiger partial charge is 0.508 e. The average molecular weight is 328 g/mol. The van der Waals surface area contributed by atoms with Crippen LogP contribution in [0.25, 0.3) is 6.08 Å². The summed E-state index contributed by atoms with van der Waals surface area (Å²) < 4.78 is 15.9. The van der Waals surface area contributed by atoms with E-state index in [9.17, 15) is 9.90 Å². The van der Waals surface area contributed by atoms with Crippen LogP contribution in [0.3, 0.4) is 0 Å². The Kier molecular flexibility index (Phi) is 5.84. The minimum Gasteiger partial charge on any atom is -0.508 e. The van der Waals surface area contributed by atoms with E-state index in [2.05, 4.69) is 0 Å². The molecule has 0 aliphatic rings. The van der Waals surface area contributed by atoms with E-state index in [1.165, 1.54) is 32.4 Å². The zero-order valence-corrected chi connectivity index (χ0v) is 13.9. The Labute approximate surface area is 141 Å². The zero-order chi connectivity index (χ0) is 17.5. The highest BCUT2D eigenvalue weighted by atomic mass is 16.5. The SMILES string of the molecule is CCOc1ccc(C(=O)C=Cc2ccc(O)cc2OC)c(OC)c1. The Morgan fingerprint density at radius 3 is 2.50 bits per heavy atom. The van der Waals surface area contributed by atoms with Crippen LogP contribution in [0.5, 0.6) is 23.0 Å². The number of ether oxygens (including phenoxy) is 3. The summed E-state index contributed by atoms with van der Waals surface area (Å²) in [6, 6.07) is 9.78. The van der Waals surface area contributed by atoms with Gasteiger partial charge in [-0.1, -0.05) is 0 Å². The maximum Gasteiger partial charge on any atom is 0.189 e. The third kappa shape index (κ3) is 4.07. The van der Waals surface area contributed by atoms with Crippen LogP contribution in [-0.2, 0) is 0 Å². The molecule has 0 radical (unpaired) electrons. The van der Waals surface area contributed by atoms with E-state index in [1.807, 2.05) is 6.92 Å². The summed E-state index contributed by atoms with van der Waals surface area (Å²) in [5.41, 5.74) is 1.13. The van der Waals surface area contributed by atoms with E-state index in [0.29, 0.717) is 35.0 Å². The topological polar surface area (TPSA) is 65.0 Å². The number of hydrogen-bond acceptors (Lipinski definition) is 5. The highest BCUT2D eigenvalue weighted by Gasteiger charge is 2.11. The van der Waals surface area contributed by atoms with Crippen molar-refractivity contribution in [3.05, 3.63) is 53.6 Å². The lowest BCUT2D eigenvalue weighted by Crippen LogP contribution is -2.00. The molecule has 0 unspecified atom stereocenters. The lowest BCUT2D eigenvalue weighted by atomic mass is 10.1. The number of phenolic OH excluding ortho intramolecular Hbond substituents is 1. The number of methoxy groups -OCH3 is 2. The van der Waals surface area contributed by atoms with Gasteiger partial charge >= 0.3 is 0 Å². The molecule has 2 aromatic rings. The van der Waals surface area contributed by atoms with Gasteiger partial charge in [-0.15, -0.1) is 0 Å². The maximum absolute atomic E-state index is 12.4. The Balaban J connectivity index is 2.26. The first-order chi connectivity index (χ1) is 11.6. The minimum absolute atomic E-state index is 0.100. The van der Waals surface area contributed by atoms with Gasteiger partial charge in [-0.05, 0) is 43.3 Å². The molecule has 5 heteroatoms. The third-order valence-electron chi connectivity index (χ3n) is 3.38. The van der Waals surface area contributed by atoms with Crippen LogP contribution in [0.4, 0.5) is 0 Å². The van der Waals surface area contributed by atoms with Crippen LogP contribution >= 0.6 is 0 Å². The Hall–Kier alpha value is -2.95. The first kappa shape index (κ1) is 17.4. The number of benzene rings is 2. The molecular weight excluding hydrogens is 308 g/mol. The van der Waals surface area contributed by atoms with Gasteiger partial charge in [0.05, 0.1) is 26.4 Å². The molecule has 0 atom stereocenters. The fourth-order valence-electron chi connectivity index (χ4n) is 2.22. The van der Waals surface area contributed by atoms with Crippen LogP contribution in [0.15, 0.2) is 42.5 Å². The lowest BCUT2D eigenvalue weighted by Gasteiger charge is -2.09. The van der Waals surface area contributed by atoms with Crippen LogP contribution < -0.4 is 14.2 Å². The van der Waals surface area contributed by atoms with Crippen molar-refractivity contribution in [2.75, 3.05) is 20.8 Å². The van der Waals surface area contributed by atoms with E-state index < -0.39 is 0 Å². The molecule has 0 heterocycles. The molecule has 0 fully saturated rings. The van der Waals surface area contributed by atoms with E-state index in [0.717, 1.165) is 0 Å². The number of carbonyl (C=O) groups is 1. The fraction of sp³-hybridized carbons (Fsp3) is 0.211. The monoisotopic (exact) mass is 328 g/mol. The molecule has 1 N–H and O–H groups in total. The molecule has 0 saturated heterocycles. The number of allylic oxidation sites excluding steroid dienone is 1. The van der Waals surface area contributed by atoms with Crippen molar-refractivity contribution < 1.29 is 24.1 Å². The number of aromatic hydroxyl groups is 1. The Morgan fingerprint density at radius 2 is 1.83 bits per heavy atom. The van der Waals surface area contributed by atoms with Crippen molar-refractivity contribution in [1.82, 2.24) is 0 Å². The van der Waals surface area contributed by atoms with Crippen molar-refractivity contribution in [1.29, 1.82) is 0 Å². The van der Waals surface area contributed by atoms with Gasteiger partial charge in [0, 0.05) is 17.7 Å². The molecule has 0 saturated carbocycles. The predicted molar refractivity (Wildman–Crippen MR) is 92.2 cm³/mol. The molecule has 0 aliphatic heterocycles. The zero-order valence-electron chi connectivity index (χ0n) is 13.9. The van der Waals surface area contributed by atoms with Gasteiger partial charge in [-0.3, -0.25) is 4.79 Å². The Morgan fingerprint density at radius 1 is 1.08 bits per heavy atom. The van der Waals surface area contributed by atoms with Gasteiger partial charge in [0.1, 0.15) is 23.0 Å². The molecule has 0 aromatic heterocycles. The van der Waals surface area contributed by atoms with Crippen molar-refractivity contribution >= 4 is 11.9 Å². The second-order valence-electron chi connectivity index (χ2n) is 4.92. The molecule has 2 aromatic carbocycles. The molecule has 0 bridgehead atoms. The summed E-state index contributed by atoms with van der Waals surface area (Å²) >= 11 is 0. The summed E-state index contributed by atoms with van der Waals surface area (Å²) in [4.78, 5) is 12.4. The van der Waals surface area contributed by atoms with E-state index in [4.69, 9.17) is 14.2 Å². The second-order valence-corrected chi connectivity index (χ2v) is 4.92. The summed E-state index contributed by atoms with van der Waals surface area (Å²) in [5, 5.41) is 9.46. The van der Waals surface area contributed by atoms with Gasteiger partial charge < -0.3 is 19.3 Å². The lowest BCUT2D eigenvalue weighted by molar-refractivity contribution is 0.104. The number of rotatable bonds is 7. The summed E-state index contributed by atoms with van der Waals surface area (Å²) in [5.74, 6) is 1.48. The normalized spacial score (nSPS) is 10.6. The molecule has 2 rings (SSSR count). The molecule has 0 amide bonds. The predicted octanol–water partition coefficient (Wildman–Crippen LogP) is 3.70. The number of carbonyl (C=O) groups excluding carboxylic acids is 1. The highest BCUT2D eigenvalue weighted by molar-refractivity contribution is 6.08. The molecule has 24 heavy (non-hydrogen) atoms. The average Bonchev–Trinajstić information content (AvgIpc) is 2.60. The first-order valence-corrected chi connectivity index (χ1v) is 7.49. The van der Waals surface area contributed by atoms with Crippen LogP contribution in [0.2, 0.25) is 0 Å².